The molecule has 3 aromatic rings. The van der Waals surface area contributed by atoms with Crippen molar-refractivity contribution < 1.29 is 13.5 Å². The molecule has 0 saturated heterocycles. The van der Waals surface area contributed by atoms with Gasteiger partial charge in [0.1, 0.15) is 10.6 Å². The van der Waals surface area contributed by atoms with Gasteiger partial charge in [0.25, 0.3) is 5.56 Å². The molecule has 120 valence electrons. The molecule has 0 radical (unpaired) electrons. The number of aromatic nitrogens is 2. The van der Waals surface area contributed by atoms with Crippen molar-refractivity contribution in [1.29, 1.82) is 0 Å². The zero-order chi connectivity index (χ0) is 16.6. The van der Waals surface area contributed by atoms with Gasteiger partial charge in [-0.15, -0.1) is 11.3 Å². The van der Waals surface area contributed by atoms with E-state index in [0.717, 1.165) is 10.4 Å². The molecule has 0 unspecified atom stereocenters. The van der Waals surface area contributed by atoms with Crippen LogP contribution in [-0.2, 0) is 6.54 Å². The molecule has 0 saturated carbocycles. The molecule has 23 heavy (non-hydrogen) atoms. The second kappa shape index (κ2) is 6.08. The first-order valence-corrected chi connectivity index (χ1v) is 7.77. The molecule has 0 amide bonds. The highest BCUT2D eigenvalue weighted by molar-refractivity contribution is 7.18. The van der Waals surface area contributed by atoms with E-state index in [9.17, 15) is 13.6 Å². The van der Waals surface area contributed by atoms with E-state index in [1.165, 1.54) is 28.3 Å². The molecule has 2 heterocycles. The smallest absolute Gasteiger partial charge is 0.387 e. The second-order valence-corrected chi connectivity index (χ2v) is 6.33. The number of ether oxygens (including phenoxy) is 1. The molecule has 1 aromatic carbocycles. The highest BCUT2D eigenvalue weighted by Crippen LogP contribution is 2.26. The number of hydrogen-bond donors (Lipinski definition) is 0. The second-order valence-electron chi connectivity index (χ2n) is 5.13. The number of aryl methyl sites for hydroxylation is 2. The van der Waals surface area contributed by atoms with Crippen LogP contribution in [0, 0.1) is 13.8 Å². The number of benzene rings is 1. The zero-order valence-corrected chi connectivity index (χ0v) is 13.4. The standard InChI is InChI=1S/C16H14F2N2O2S/c1-9-10(2)23-14-13(9)15(21)20(8-19-14)7-11-5-3-4-6-12(11)22-16(17)18/h3-6,8,16H,7H2,1-2H3. The van der Waals surface area contributed by atoms with Gasteiger partial charge in [-0.05, 0) is 25.5 Å². The fourth-order valence-electron chi connectivity index (χ4n) is 2.41. The lowest BCUT2D eigenvalue weighted by Crippen LogP contribution is -2.21. The minimum absolute atomic E-state index is 0.0627. The number of para-hydroxylation sites is 1. The molecular weight excluding hydrogens is 322 g/mol. The highest BCUT2D eigenvalue weighted by atomic mass is 32.1. The summed E-state index contributed by atoms with van der Waals surface area (Å²) < 4.78 is 30.9. The Morgan fingerprint density at radius 1 is 1.30 bits per heavy atom. The summed E-state index contributed by atoms with van der Waals surface area (Å²) in [4.78, 5) is 18.7. The number of alkyl halides is 2. The predicted octanol–water partition coefficient (Wildman–Crippen LogP) is 3.72. The van der Waals surface area contributed by atoms with Crippen LogP contribution in [0.2, 0.25) is 0 Å². The normalized spacial score (nSPS) is 11.3. The zero-order valence-electron chi connectivity index (χ0n) is 12.5. The molecule has 2 aromatic heterocycles. The van der Waals surface area contributed by atoms with Crippen molar-refractivity contribution >= 4 is 21.6 Å². The molecular formula is C16H14F2N2O2S. The summed E-state index contributed by atoms with van der Waals surface area (Å²) >= 11 is 1.47. The van der Waals surface area contributed by atoms with Gasteiger partial charge in [0.2, 0.25) is 0 Å². The molecule has 3 rings (SSSR count). The van der Waals surface area contributed by atoms with Crippen molar-refractivity contribution in [2.45, 2.75) is 27.0 Å². The first-order valence-electron chi connectivity index (χ1n) is 6.95. The van der Waals surface area contributed by atoms with Gasteiger partial charge in [0.15, 0.2) is 0 Å². The maximum Gasteiger partial charge on any atom is 0.387 e. The van der Waals surface area contributed by atoms with E-state index in [1.807, 2.05) is 13.8 Å². The van der Waals surface area contributed by atoms with Crippen LogP contribution in [0.1, 0.15) is 16.0 Å². The summed E-state index contributed by atoms with van der Waals surface area (Å²) in [5, 5.41) is 0.585. The summed E-state index contributed by atoms with van der Waals surface area (Å²) in [6.45, 7) is 1.04. The van der Waals surface area contributed by atoms with Crippen molar-refractivity contribution in [2.75, 3.05) is 0 Å². The van der Waals surface area contributed by atoms with E-state index >= 15 is 0 Å². The van der Waals surface area contributed by atoms with E-state index in [-0.39, 0.29) is 17.9 Å². The summed E-state index contributed by atoms with van der Waals surface area (Å²) in [7, 11) is 0. The summed E-state index contributed by atoms with van der Waals surface area (Å²) in [6, 6.07) is 6.43. The number of thiophene rings is 1. The number of rotatable bonds is 4. The maximum atomic E-state index is 12.6. The van der Waals surface area contributed by atoms with Gasteiger partial charge in [-0.2, -0.15) is 8.78 Å². The van der Waals surface area contributed by atoms with Gasteiger partial charge in [0.05, 0.1) is 18.3 Å². The third-order valence-electron chi connectivity index (χ3n) is 3.69. The van der Waals surface area contributed by atoms with E-state index in [4.69, 9.17) is 0 Å². The van der Waals surface area contributed by atoms with Crippen molar-refractivity contribution in [1.82, 2.24) is 9.55 Å². The Morgan fingerprint density at radius 3 is 2.78 bits per heavy atom. The largest absolute Gasteiger partial charge is 0.434 e. The molecule has 7 heteroatoms. The topological polar surface area (TPSA) is 44.1 Å². The lowest BCUT2D eigenvalue weighted by atomic mass is 10.2. The number of halogens is 2. The lowest BCUT2D eigenvalue weighted by Gasteiger charge is -2.11. The lowest BCUT2D eigenvalue weighted by molar-refractivity contribution is -0.0504. The van der Waals surface area contributed by atoms with Gasteiger partial charge in [-0.1, -0.05) is 18.2 Å². The van der Waals surface area contributed by atoms with Crippen LogP contribution in [0.15, 0.2) is 35.4 Å². The Balaban J connectivity index is 2.04. The number of hydrogen-bond acceptors (Lipinski definition) is 4. The average Bonchev–Trinajstić information content (AvgIpc) is 2.79. The minimum atomic E-state index is -2.91. The van der Waals surface area contributed by atoms with Crippen LogP contribution < -0.4 is 10.3 Å². The molecule has 0 bridgehead atoms. The van der Waals surface area contributed by atoms with Crippen molar-refractivity contribution in [3.05, 3.63) is 57.0 Å². The Morgan fingerprint density at radius 2 is 2.04 bits per heavy atom. The first kappa shape index (κ1) is 15.6. The quantitative estimate of drug-likeness (QED) is 0.729. The SMILES string of the molecule is Cc1sc2ncn(Cc3ccccc3OC(F)F)c(=O)c2c1C. The van der Waals surface area contributed by atoms with E-state index < -0.39 is 6.61 Å². The molecule has 4 nitrogen and oxygen atoms in total. The molecule has 0 aliphatic carbocycles. The highest BCUT2D eigenvalue weighted by Gasteiger charge is 2.14. The fourth-order valence-corrected chi connectivity index (χ4v) is 3.40. The monoisotopic (exact) mass is 336 g/mol. The first-order chi connectivity index (χ1) is 11.0. The minimum Gasteiger partial charge on any atom is -0.434 e. The molecule has 0 N–H and O–H groups in total. The van der Waals surface area contributed by atoms with E-state index in [1.54, 1.807) is 18.2 Å². The third kappa shape index (κ3) is 2.96. The van der Waals surface area contributed by atoms with Crippen molar-refractivity contribution in [2.24, 2.45) is 0 Å². The van der Waals surface area contributed by atoms with E-state index in [0.29, 0.717) is 15.8 Å². The Kier molecular flexibility index (Phi) is 4.12. The number of fused-ring (bicyclic) bond motifs is 1. The van der Waals surface area contributed by atoms with Crippen molar-refractivity contribution in [3.63, 3.8) is 0 Å². The van der Waals surface area contributed by atoms with Gasteiger partial charge in [0, 0.05) is 10.4 Å². The van der Waals surface area contributed by atoms with Gasteiger partial charge >= 0.3 is 6.61 Å². The van der Waals surface area contributed by atoms with Gasteiger partial charge < -0.3 is 4.74 Å². The van der Waals surface area contributed by atoms with Crippen LogP contribution in [-0.4, -0.2) is 16.2 Å². The Hall–Kier alpha value is -2.28. The number of nitrogens with zero attached hydrogens (tertiary/aromatic N) is 2. The third-order valence-corrected chi connectivity index (χ3v) is 4.80. The Labute approximate surface area is 135 Å². The van der Waals surface area contributed by atoms with Crippen LogP contribution in [0.3, 0.4) is 0 Å². The van der Waals surface area contributed by atoms with Gasteiger partial charge in [-0.3, -0.25) is 9.36 Å². The molecule has 0 spiro atoms. The molecule has 0 aliphatic heterocycles. The van der Waals surface area contributed by atoms with Crippen LogP contribution >= 0.6 is 11.3 Å². The van der Waals surface area contributed by atoms with Crippen LogP contribution in [0.4, 0.5) is 8.78 Å². The maximum absolute atomic E-state index is 12.6. The summed E-state index contributed by atoms with van der Waals surface area (Å²) in [5.41, 5.74) is 1.23. The average molecular weight is 336 g/mol. The van der Waals surface area contributed by atoms with Gasteiger partial charge in [-0.25, -0.2) is 4.98 Å². The molecule has 0 atom stereocenters. The van der Waals surface area contributed by atoms with Crippen LogP contribution in [0.25, 0.3) is 10.2 Å². The predicted molar refractivity (Wildman–Crippen MR) is 85.5 cm³/mol. The summed E-state index contributed by atoms with van der Waals surface area (Å²) in [5.74, 6) is 0.0627. The summed E-state index contributed by atoms with van der Waals surface area (Å²) in [6.07, 6.45) is 1.44. The Bertz CT molecular complexity index is 918. The van der Waals surface area contributed by atoms with Crippen molar-refractivity contribution in [3.8, 4) is 5.75 Å². The fraction of sp³-hybridized carbons (Fsp3) is 0.250. The molecule has 0 fully saturated rings. The molecule has 0 aliphatic rings. The van der Waals surface area contributed by atoms with Crippen LogP contribution in [0.5, 0.6) is 5.75 Å². The van der Waals surface area contributed by atoms with E-state index in [2.05, 4.69) is 9.72 Å².